The first kappa shape index (κ1) is 13.2. The Morgan fingerprint density at radius 3 is 2.94 bits per heavy atom. The number of nitrogens with one attached hydrogen (secondary N) is 2. The molecule has 1 aliphatic carbocycles. The van der Waals surface area contributed by atoms with Crippen molar-refractivity contribution in [1.29, 1.82) is 0 Å². The summed E-state index contributed by atoms with van der Waals surface area (Å²) < 4.78 is 0. The van der Waals surface area contributed by atoms with E-state index in [1.165, 1.54) is 31.3 Å². The first-order valence-corrected chi connectivity index (χ1v) is 6.48. The number of amides is 1. The Kier molecular flexibility index (Phi) is 6.90. The van der Waals surface area contributed by atoms with Gasteiger partial charge in [0.05, 0.1) is 6.54 Å². The number of hydrogen-bond donors (Lipinski definition) is 2. The number of allylic oxidation sites excluding steroid dienone is 1. The van der Waals surface area contributed by atoms with Gasteiger partial charge in [0.2, 0.25) is 5.91 Å². The smallest absolute Gasteiger partial charge is 0.233 e. The molecule has 0 aliphatic heterocycles. The van der Waals surface area contributed by atoms with E-state index in [1.807, 2.05) is 0 Å². The Labute approximate surface area is 98.7 Å². The molecule has 1 amide bonds. The topological polar surface area (TPSA) is 41.1 Å². The minimum atomic E-state index is 0.116. The van der Waals surface area contributed by atoms with Crippen molar-refractivity contribution in [1.82, 2.24) is 10.6 Å². The molecule has 0 radical (unpaired) electrons. The second kappa shape index (κ2) is 8.34. The third-order valence-corrected chi connectivity index (χ3v) is 2.87. The van der Waals surface area contributed by atoms with Crippen LogP contribution in [0.1, 0.15) is 45.4 Å². The second-order valence-corrected chi connectivity index (χ2v) is 4.38. The maximum Gasteiger partial charge on any atom is 0.233 e. The first-order valence-electron chi connectivity index (χ1n) is 6.48. The van der Waals surface area contributed by atoms with Gasteiger partial charge in [0.1, 0.15) is 0 Å². The van der Waals surface area contributed by atoms with Crippen molar-refractivity contribution < 1.29 is 4.79 Å². The number of hydrogen-bond acceptors (Lipinski definition) is 2. The van der Waals surface area contributed by atoms with Crippen LogP contribution in [0.2, 0.25) is 0 Å². The summed E-state index contributed by atoms with van der Waals surface area (Å²) in [5, 5.41) is 6.04. The van der Waals surface area contributed by atoms with Gasteiger partial charge in [-0.25, -0.2) is 0 Å². The molecule has 0 unspecified atom stereocenters. The monoisotopic (exact) mass is 224 g/mol. The molecular formula is C13H24N2O. The molecule has 0 bridgehead atoms. The fourth-order valence-electron chi connectivity index (χ4n) is 1.94. The molecule has 0 aromatic rings. The summed E-state index contributed by atoms with van der Waals surface area (Å²) in [6.07, 6.45) is 9.53. The van der Waals surface area contributed by atoms with Gasteiger partial charge in [0, 0.05) is 6.54 Å². The van der Waals surface area contributed by atoms with Gasteiger partial charge in [-0.15, -0.1) is 0 Å². The van der Waals surface area contributed by atoms with Crippen molar-refractivity contribution in [3.05, 3.63) is 11.6 Å². The predicted molar refractivity (Wildman–Crippen MR) is 67.3 cm³/mol. The van der Waals surface area contributed by atoms with Crippen LogP contribution in [0.25, 0.3) is 0 Å². The van der Waals surface area contributed by atoms with E-state index < -0.39 is 0 Å². The molecule has 0 spiro atoms. The maximum atomic E-state index is 11.4. The highest BCUT2D eigenvalue weighted by atomic mass is 16.1. The molecule has 1 aliphatic rings. The summed E-state index contributed by atoms with van der Waals surface area (Å²) in [6.45, 7) is 4.25. The van der Waals surface area contributed by atoms with Gasteiger partial charge in [-0.3, -0.25) is 4.79 Å². The lowest BCUT2D eigenvalue weighted by atomic mass is 9.97. The van der Waals surface area contributed by atoms with E-state index in [0.29, 0.717) is 6.54 Å². The summed E-state index contributed by atoms with van der Waals surface area (Å²) in [4.78, 5) is 11.4. The lowest BCUT2D eigenvalue weighted by Gasteiger charge is -2.13. The standard InChI is InChI=1S/C13H24N2O/c1-2-9-14-11-13(16)15-10-8-12-6-4-3-5-7-12/h6,14H,2-5,7-11H2,1H3,(H,15,16). The van der Waals surface area contributed by atoms with Gasteiger partial charge >= 0.3 is 0 Å². The largest absolute Gasteiger partial charge is 0.355 e. The van der Waals surface area contributed by atoms with Crippen molar-refractivity contribution in [2.24, 2.45) is 0 Å². The van der Waals surface area contributed by atoms with Gasteiger partial charge in [-0.1, -0.05) is 18.6 Å². The molecule has 0 aromatic heterocycles. The van der Waals surface area contributed by atoms with E-state index in [1.54, 1.807) is 0 Å². The second-order valence-electron chi connectivity index (χ2n) is 4.38. The SMILES string of the molecule is CCCNCC(=O)NCCC1=CCCCC1. The average Bonchev–Trinajstić information content (AvgIpc) is 2.31. The fourth-order valence-corrected chi connectivity index (χ4v) is 1.94. The summed E-state index contributed by atoms with van der Waals surface area (Å²) in [5.41, 5.74) is 1.52. The number of rotatable bonds is 7. The van der Waals surface area contributed by atoms with Crippen LogP contribution in [0.4, 0.5) is 0 Å². The van der Waals surface area contributed by atoms with E-state index in [9.17, 15) is 4.79 Å². The van der Waals surface area contributed by atoms with E-state index in [4.69, 9.17) is 0 Å². The van der Waals surface area contributed by atoms with Crippen LogP contribution in [-0.2, 0) is 4.79 Å². The van der Waals surface area contributed by atoms with Crippen molar-refractivity contribution >= 4 is 5.91 Å². The Morgan fingerprint density at radius 2 is 2.25 bits per heavy atom. The highest BCUT2D eigenvalue weighted by molar-refractivity contribution is 5.77. The van der Waals surface area contributed by atoms with Gasteiger partial charge < -0.3 is 10.6 Å². The molecule has 0 fully saturated rings. The third-order valence-electron chi connectivity index (χ3n) is 2.87. The van der Waals surface area contributed by atoms with Crippen LogP contribution in [0, 0.1) is 0 Å². The minimum absolute atomic E-state index is 0.116. The van der Waals surface area contributed by atoms with Gasteiger partial charge in [0.25, 0.3) is 0 Å². The number of carbonyl (C=O) groups is 1. The molecule has 0 heterocycles. The number of carbonyl (C=O) groups excluding carboxylic acids is 1. The zero-order valence-corrected chi connectivity index (χ0v) is 10.3. The summed E-state index contributed by atoms with van der Waals surface area (Å²) in [6, 6.07) is 0. The van der Waals surface area contributed by atoms with E-state index in [-0.39, 0.29) is 5.91 Å². The molecule has 2 N–H and O–H groups in total. The van der Waals surface area contributed by atoms with Crippen LogP contribution in [0.5, 0.6) is 0 Å². The zero-order valence-electron chi connectivity index (χ0n) is 10.3. The summed E-state index contributed by atoms with van der Waals surface area (Å²) in [5.74, 6) is 0.116. The maximum absolute atomic E-state index is 11.4. The average molecular weight is 224 g/mol. The van der Waals surface area contributed by atoms with Crippen LogP contribution >= 0.6 is 0 Å². The molecule has 0 saturated carbocycles. The van der Waals surface area contributed by atoms with Gasteiger partial charge in [-0.2, -0.15) is 0 Å². The summed E-state index contributed by atoms with van der Waals surface area (Å²) in [7, 11) is 0. The van der Waals surface area contributed by atoms with Gasteiger partial charge in [-0.05, 0) is 45.1 Å². The van der Waals surface area contributed by atoms with Crippen LogP contribution in [0.15, 0.2) is 11.6 Å². The molecule has 92 valence electrons. The lowest BCUT2D eigenvalue weighted by molar-refractivity contribution is -0.120. The van der Waals surface area contributed by atoms with E-state index in [2.05, 4.69) is 23.6 Å². The lowest BCUT2D eigenvalue weighted by Crippen LogP contribution is -2.34. The predicted octanol–water partition coefficient (Wildman–Crippen LogP) is 1.99. The molecule has 0 atom stereocenters. The Morgan fingerprint density at radius 1 is 1.38 bits per heavy atom. The molecule has 16 heavy (non-hydrogen) atoms. The van der Waals surface area contributed by atoms with Crippen LogP contribution in [0.3, 0.4) is 0 Å². The van der Waals surface area contributed by atoms with Crippen molar-refractivity contribution in [3.8, 4) is 0 Å². The van der Waals surface area contributed by atoms with E-state index in [0.717, 1.165) is 25.9 Å². The molecule has 0 saturated heterocycles. The molecular weight excluding hydrogens is 200 g/mol. The quantitative estimate of drug-likeness (QED) is 0.513. The van der Waals surface area contributed by atoms with Crippen LogP contribution < -0.4 is 10.6 Å². The van der Waals surface area contributed by atoms with Crippen molar-refractivity contribution in [3.63, 3.8) is 0 Å². The van der Waals surface area contributed by atoms with Crippen molar-refractivity contribution in [2.75, 3.05) is 19.6 Å². The Hall–Kier alpha value is -0.830. The highest BCUT2D eigenvalue weighted by Gasteiger charge is 2.04. The first-order chi connectivity index (χ1) is 7.83. The highest BCUT2D eigenvalue weighted by Crippen LogP contribution is 2.19. The van der Waals surface area contributed by atoms with Crippen molar-refractivity contribution in [2.45, 2.75) is 45.4 Å². The normalized spacial score (nSPS) is 15.7. The molecule has 1 rings (SSSR count). The minimum Gasteiger partial charge on any atom is -0.355 e. The fraction of sp³-hybridized carbons (Fsp3) is 0.769. The zero-order chi connectivity index (χ0) is 11.6. The Balaban J connectivity index is 2.01. The summed E-state index contributed by atoms with van der Waals surface area (Å²) >= 11 is 0. The third kappa shape index (κ3) is 5.91. The molecule has 0 aromatic carbocycles. The Bertz CT molecular complexity index is 236. The molecule has 3 nitrogen and oxygen atoms in total. The van der Waals surface area contributed by atoms with Gasteiger partial charge in [0.15, 0.2) is 0 Å². The van der Waals surface area contributed by atoms with E-state index >= 15 is 0 Å². The molecule has 3 heteroatoms. The van der Waals surface area contributed by atoms with Crippen LogP contribution in [-0.4, -0.2) is 25.5 Å².